The van der Waals surface area contributed by atoms with E-state index in [0.29, 0.717) is 26.4 Å². The molecule has 0 amide bonds. The lowest BCUT2D eigenvalue weighted by molar-refractivity contribution is -0.151. The maximum Gasteiger partial charge on any atom is 0.311 e. The van der Waals surface area contributed by atoms with E-state index in [1.54, 1.807) is 7.11 Å². The van der Waals surface area contributed by atoms with Crippen LogP contribution in [0.25, 0.3) is 0 Å². The van der Waals surface area contributed by atoms with E-state index in [1.165, 1.54) is 0 Å². The van der Waals surface area contributed by atoms with Gasteiger partial charge in [0.15, 0.2) is 0 Å². The predicted molar refractivity (Wildman–Crippen MR) is 50.0 cm³/mol. The predicted octanol–water partition coefficient (Wildman–Crippen LogP) is -0.588. The second kappa shape index (κ2) is 6.75. The molecule has 1 aliphatic heterocycles. The summed E-state index contributed by atoms with van der Waals surface area (Å²) in [4.78, 5) is 11.2. The third-order valence-electron chi connectivity index (χ3n) is 2.02. The van der Waals surface area contributed by atoms with Crippen molar-refractivity contribution in [3.8, 4) is 0 Å². The lowest BCUT2D eigenvalue weighted by Crippen LogP contribution is -2.47. The number of carbonyl (C=O) groups is 1. The van der Waals surface area contributed by atoms with Gasteiger partial charge >= 0.3 is 5.97 Å². The maximum atomic E-state index is 11.2. The van der Waals surface area contributed by atoms with Gasteiger partial charge < -0.3 is 19.5 Å². The van der Waals surface area contributed by atoms with Crippen LogP contribution in [0.5, 0.6) is 0 Å². The van der Waals surface area contributed by atoms with E-state index in [-0.39, 0.29) is 11.9 Å². The van der Waals surface area contributed by atoms with Gasteiger partial charge in [-0.1, -0.05) is 0 Å². The second-order valence-corrected chi connectivity index (χ2v) is 3.13. The highest BCUT2D eigenvalue weighted by molar-refractivity contribution is 5.73. The van der Waals surface area contributed by atoms with Crippen molar-refractivity contribution in [1.82, 2.24) is 5.32 Å². The van der Waals surface area contributed by atoms with Crippen molar-refractivity contribution >= 4 is 5.97 Å². The third-order valence-corrected chi connectivity index (χ3v) is 2.02. The van der Waals surface area contributed by atoms with Gasteiger partial charge in [-0.3, -0.25) is 4.79 Å². The molecule has 1 N–H and O–H groups in total. The molecule has 82 valence electrons. The number of carbonyl (C=O) groups excluding carboxylic acids is 1. The molecule has 0 aromatic rings. The molecule has 0 unspecified atom stereocenters. The summed E-state index contributed by atoms with van der Waals surface area (Å²) in [6.45, 7) is 3.36. The molecule has 0 spiro atoms. The normalized spacial score (nSPS) is 16.4. The molecular weight excluding hydrogens is 186 g/mol. The summed E-state index contributed by atoms with van der Waals surface area (Å²) in [6, 6.07) is 0. The lowest BCUT2D eigenvalue weighted by atomic mass is 10.0. The Hall–Kier alpha value is -0.650. The van der Waals surface area contributed by atoms with E-state index in [2.05, 4.69) is 5.32 Å². The summed E-state index contributed by atoms with van der Waals surface area (Å²) in [5, 5.41) is 3.01. The Morgan fingerprint density at radius 3 is 2.57 bits per heavy atom. The van der Waals surface area contributed by atoms with Crippen LogP contribution < -0.4 is 5.32 Å². The molecule has 1 heterocycles. The van der Waals surface area contributed by atoms with Crippen LogP contribution in [0.2, 0.25) is 0 Å². The monoisotopic (exact) mass is 203 g/mol. The van der Waals surface area contributed by atoms with Crippen LogP contribution in [0.1, 0.15) is 0 Å². The van der Waals surface area contributed by atoms with E-state index < -0.39 is 0 Å². The molecule has 0 saturated carbocycles. The first-order chi connectivity index (χ1) is 6.84. The average molecular weight is 203 g/mol. The Morgan fingerprint density at radius 2 is 2.00 bits per heavy atom. The van der Waals surface area contributed by atoms with Gasteiger partial charge in [0, 0.05) is 20.2 Å². The standard InChI is InChI=1S/C9H17NO4/c1-12-2-3-13-4-5-14-9(11)8-6-10-7-8/h8,10H,2-7H2,1H3. The van der Waals surface area contributed by atoms with Crippen LogP contribution in [0.15, 0.2) is 0 Å². The van der Waals surface area contributed by atoms with E-state index in [1.807, 2.05) is 0 Å². The number of ether oxygens (including phenoxy) is 3. The number of methoxy groups -OCH3 is 1. The molecular formula is C9H17NO4. The fraction of sp³-hybridized carbons (Fsp3) is 0.889. The van der Waals surface area contributed by atoms with E-state index >= 15 is 0 Å². The van der Waals surface area contributed by atoms with Crippen LogP contribution in [0, 0.1) is 5.92 Å². The first-order valence-electron chi connectivity index (χ1n) is 4.78. The van der Waals surface area contributed by atoms with Crippen molar-refractivity contribution in [3.05, 3.63) is 0 Å². The largest absolute Gasteiger partial charge is 0.463 e. The zero-order valence-electron chi connectivity index (χ0n) is 8.45. The molecule has 1 aliphatic rings. The van der Waals surface area contributed by atoms with E-state index in [0.717, 1.165) is 13.1 Å². The molecule has 1 fully saturated rings. The smallest absolute Gasteiger partial charge is 0.311 e. The second-order valence-electron chi connectivity index (χ2n) is 3.13. The van der Waals surface area contributed by atoms with E-state index in [4.69, 9.17) is 14.2 Å². The van der Waals surface area contributed by atoms with Crippen LogP contribution >= 0.6 is 0 Å². The highest BCUT2D eigenvalue weighted by Gasteiger charge is 2.25. The summed E-state index contributed by atoms with van der Waals surface area (Å²) in [5.74, 6) is -0.0759. The van der Waals surface area contributed by atoms with Gasteiger partial charge in [-0.05, 0) is 0 Å². The van der Waals surface area contributed by atoms with Crippen molar-refractivity contribution in [2.45, 2.75) is 0 Å². The molecule has 0 radical (unpaired) electrons. The molecule has 1 saturated heterocycles. The minimum Gasteiger partial charge on any atom is -0.463 e. The molecule has 14 heavy (non-hydrogen) atoms. The van der Waals surface area contributed by atoms with E-state index in [9.17, 15) is 4.79 Å². The fourth-order valence-electron chi connectivity index (χ4n) is 1.02. The summed E-state index contributed by atoms with van der Waals surface area (Å²) < 4.78 is 14.9. The molecule has 0 aromatic heterocycles. The number of esters is 1. The SMILES string of the molecule is COCCOCCOC(=O)C1CNC1. The van der Waals surface area contributed by atoms with Gasteiger partial charge in [-0.25, -0.2) is 0 Å². The molecule has 0 aromatic carbocycles. The van der Waals surface area contributed by atoms with Crippen LogP contribution in [0.3, 0.4) is 0 Å². The zero-order chi connectivity index (χ0) is 10.2. The van der Waals surface area contributed by atoms with Crippen LogP contribution in [-0.4, -0.2) is 52.6 Å². The third kappa shape index (κ3) is 4.04. The topological polar surface area (TPSA) is 56.8 Å². The number of hydrogen-bond donors (Lipinski definition) is 1. The van der Waals surface area contributed by atoms with Gasteiger partial charge in [0.1, 0.15) is 6.61 Å². The molecule has 1 rings (SSSR count). The number of hydrogen-bond acceptors (Lipinski definition) is 5. The molecule has 5 heteroatoms. The first kappa shape index (κ1) is 11.4. The minimum atomic E-state index is -0.126. The van der Waals surface area contributed by atoms with Crippen molar-refractivity contribution in [3.63, 3.8) is 0 Å². The van der Waals surface area contributed by atoms with Crippen LogP contribution in [-0.2, 0) is 19.0 Å². The van der Waals surface area contributed by atoms with Crippen molar-refractivity contribution in [2.24, 2.45) is 5.92 Å². The average Bonchev–Trinajstić information content (AvgIpc) is 2.08. The molecule has 0 aliphatic carbocycles. The quantitative estimate of drug-likeness (QED) is 0.443. The summed E-state index contributed by atoms with van der Waals surface area (Å²) in [6.07, 6.45) is 0. The Morgan fingerprint density at radius 1 is 1.29 bits per heavy atom. The van der Waals surface area contributed by atoms with Gasteiger partial charge in [0.2, 0.25) is 0 Å². The molecule has 0 bridgehead atoms. The van der Waals surface area contributed by atoms with Crippen LogP contribution in [0.4, 0.5) is 0 Å². The highest BCUT2D eigenvalue weighted by Crippen LogP contribution is 2.04. The zero-order valence-corrected chi connectivity index (χ0v) is 8.45. The maximum absolute atomic E-state index is 11.2. The van der Waals surface area contributed by atoms with Crippen molar-refractivity contribution < 1.29 is 19.0 Å². The highest BCUT2D eigenvalue weighted by atomic mass is 16.6. The van der Waals surface area contributed by atoms with Crippen molar-refractivity contribution in [1.29, 1.82) is 0 Å². The summed E-state index contributed by atoms with van der Waals surface area (Å²) in [5.41, 5.74) is 0. The van der Waals surface area contributed by atoms with Gasteiger partial charge in [-0.15, -0.1) is 0 Å². The molecule has 0 atom stereocenters. The number of rotatable bonds is 7. The fourth-order valence-corrected chi connectivity index (χ4v) is 1.02. The minimum absolute atomic E-state index is 0.0500. The molecule has 5 nitrogen and oxygen atoms in total. The number of nitrogens with one attached hydrogen (secondary N) is 1. The van der Waals surface area contributed by atoms with Gasteiger partial charge in [0.25, 0.3) is 0 Å². The lowest BCUT2D eigenvalue weighted by Gasteiger charge is -2.24. The first-order valence-corrected chi connectivity index (χ1v) is 4.78. The Bertz CT molecular complexity index is 170. The Kier molecular flexibility index (Phi) is 5.51. The Labute approximate surface area is 83.7 Å². The summed E-state index contributed by atoms with van der Waals surface area (Å²) in [7, 11) is 1.62. The van der Waals surface area contributed by atoms with Crippen molar-refractivity contribution in [2.75, 3.05) is 46.6 Å². The van der Waals surface area contributed by atoms with Gasteiger partial charge in [0.05, 0.1) is 25.7 Å². The van der Waals surface area contributed by atoms with Gasteiger partial charge in [-0.2, -0.15) is 0 Å². The Balaban J connectivity index is 1.85. The summed E-state index contributed by atoms with van der Waals surface area (Å²) >= 11 is 0.